The van der Waals surface area contributed by atoms with Crippen molar-refractivity contribution < 1.29 is 14.6 Å². The van der Waals surface area contributed by atoms with E-state index in [-0.39, 0.29) is 18.2 Å². The van der Waals surface area contributed by atoms with Crippen molar-refractivity contribution in [1.29, 1.82) is 5.26 Å². The van der Waals surface area contributed by atoms with Crippen molar-refractivity contribution in [2.24, 2.45) is 17.8 Å². The number of rotatable bonds is 3. The van der Waals surface area contributed by atoms with Gasteiger partial charge in [-0.15, -0.1) is 0 Å². The highest BCUT2D eigenvalue weighted by atomic mass is 16.6. The minimum atomic E-state index is -0.515. The first-order chi connectivity index (χ1) is 15.5. The molecule has 5 fully saturated rings. The third-order valence-corrected chi connectivity index (χ3v) is 7.86. The van der Waals surface area contributed by atoms with E-state index in [1.807, 2.05) is 0 Å². The second kappa shape index (κ2) is 7.31. The Balaban J connectivity index is 1.07. The Hall–Kier alpha value is -2.92. The highest BCUT2D eigenvalue weighted by Gasteiger charge is 2.56. The van der Waals surface area contributed by atoms with Crippen LogP contribution in [0, 0.1) is 29.1 Å². The lowest BCUT2D eigenvalue weighted by Gasteiger charge is -2.57. The largest absolute Gasteiger partial charge is 0.446 e. The molecule has 4 aliphatic carbocycles. The van der Waals surface area contributed by atoms with Gasteiger partial charge in [-0.2, -0.15) is 5.26 Å². The predicted molar refractivity (Wildman–Crippen MR) is 117 cm³/mol. The molecule has 1 amide bonds. The van der Waals surface area contributed by atoms with Crippen molar-refractivity contribution in [3.63, 3.8) is 0 Å². The number of anilines is 1. The Morgan fingerprint density at radius 1 is 1.25 bits per heavy atom. The average Bonchev–Trinajstić information content (AvgIpc) is 3.23. The van der Waals surface area contributed by atoms with E-state index in [0.29, 0.717) is 47.7 Å². The van der Waals surface area contributed by atoms with Gasteiger partial charge in [-0.1, -0.05) is 0 Å². The summed E-state index contributed by atoms with van der Waals surface area (Å²) in [7, 11) is 0. The van der Waals surface area contributed by atoms with Crippen LogP contribution in [0.25, 0.3) is 11.0 Å². The quantitative estimate of drug-likeness (QED) is 0.765. The van der Waals surface area contributed by atoms with Crippen LogP contribution in [0.1, 0.15) is 44.1 Å². The maximum Gasteiger partial charge on any atom is 0.410 e. The smallest absolute Gasteiger partial charge is 0.410 e. The van der Waals surface area contributed by atoms with Gasteiger partial charge in [0.25, 0.3) is 0 Å². The molecule has 2 unspecified atom stereocenters. The second-order valence-electron chi connectivity index (χ2n) is 10.2. The van der Waals surface area contributed by atoms with Crippen LogP contribution in [0.15, 0.2) is 24.4 Å². The molecule has 0 spiro atoms. The van der Waals surface area contributed by atoms with Crippen molar-refractivity contribution >= 4 is 22.9 Å². The highest BCUT2D eigenvalue weighted by Crippen LogP contribution is 2.56. The molecular weight excluding hydrogens is 406 g/mol. The summed E-state index contributed by atoms with van der Waals surface area (Å²) >= 11 is 0. The Kier molecular flexibility index (Phi) is 4.51. The number of aliphatic hydroxyl groups is 1. The highest BCUT2D eigenvalue weighted by molar-refractivity contribution is 5.77. The molecule has 166 valence electrons. The number of aromatic nitrogens is 2. The number of amides is 1. The molecule has 7 rings (SSSR count). The van der Waals surface area contributed by atoms with Crippen LogP contribution in [0.2, 0.25) is 0 Å². The Morgan fingerprint density at radius 3 is 2.81 bits per heavy atom. The molecule has 1 saturated heterocycles. The number of carbonyl (C=O) groups is 1. The first kappa shape index (κ1) is 19.7. The number of ether oxygens (including phenoxy) is 1. The second-order valence-corrected chi connectivity index (χ2v) is 10.2. The van der Waals surface area contributed by atoms with Crippen molar-refractivity contribution in [3.05, 3.63) is 30.0 Å². The molecule has 8 heteroatoms. The van der Waals surface area contributed by atoms with E-state index in [1.165, 1.54) is 0 Å². The molecule has 8 nitrogen and oxygen atoms in total. The van der Waals surface area contributed by atoms with Gasteiger partial charge in [0, 0.05) is 19.1 Å². The zero-order valence-electron chi connectivity index (χ0n) is 17.9. The number of hydrogen-bond donors (Lipinski definition) is 2. The SMILES string of the molecule is N#Cc1ccc2nc(N[C@@H]3CCN(C(=O)O[C@H]4C5CC6CC4C[C@](O)(C6)C5)C3)cnc2c1. The van der Waals surface area contributed by atoms with Gasteiger partial charge in [-0.3, -0.25) is 4.98 Å². The standard InChI is InChI=1S/C24H27N5O3/c25-11-14-1-2-19-20(7-14)26-12-21(28-19)27-18-3-4-29(13-18)23(30)32-22-16-5-15-6-17(22)10-24(31,8-15)9-16/h1-2,7,12,15-18,22,31H,3-6,8-10,13H2,(H,27,28)/t15?,16?,17?,18-,22-,24-/m1/s1. The van der Waals surface area contributed by atoms with Gasteiger partial charge in [0.15, 0.2) is 0 Å². The number of fused-ring (bicyclic) bond motifs is 1. The fourth-order valence-electron chi connectivity index (χ4n) is 6.72. The fourth-order valence-corrected chi connectivity index (χ4v) is 6.72. The first-order valence-electron chi connectivity index (χ1n) is 11.6. The molecule has 5 aliphatic rings. The third-order valence-electron chi connectivity index (χ3n) is 7.86. The third kappa shape index (κ3) is 3.45. The molecule has 2 heterocycles. The van der Waals surface area contributed by atoms with Gasteiger partial charge < -0.3 is 20.1 Å². The predicted octanol–water partition coefficient (Wildman–Crippen LogP) is 3.06. The number of nitrogens with zero attached hydrogens (tertiary/aromatic N) is 4. The minimum absolute atomic E-state index is 0.0454. The number of likely N-dealkylation sites (tertiary alicyclic amines) is 1. The average molecular weight is 434 g/mol. The summed E-state index contributed by atoms with van der Waals surface area (Å²) in [4.78, 5) is 23.7. The lowest BCUT2D eigenvalue weighted by molar-refractivity contribution is -0.177. The van der Waals surface area contributed by atoms with Gasteiger partial charge in [0.05, 0.1) is 34.5 Å². The summed E-state index contributed by atoms with van der Waals surface area (Å²) < 4.78 is 6.03. The fraction of sp³-hybridized carbons (Fsp3) is 0.583. The molecule has 1 aromatic carbocycles. The molecule has 4 saturated carbocycles. The summed E-state index contributed by atoms with van der Waals surface area (Å²) in [6.45, 7) is 1.22. The normalized spacial score (nSPS) is 35.1. The summed E-state index contributed by atoms with van der Waals surface area (Å²) in [5.41, 5.74) is 1.46. The molecule has 1 aliphatic heterocycles. The van der Waals surface area contributed by atoms with Crippen molar-refractivity contribution in [1.82, 2.24) is 14.9 Å². The molecular formula is C24H27N5O3. The summed E-state index contributed by atoms with van der Waals surface area (Å²) in [5.74, 6) is 1.88. The van der Waals surface area contributed by atoms with Crippen molar-refractivity contribution in [2.75, 3.05) is 18.4 Å². The number of hydrogen-bond acceptors (Lipinski definition) is 7. The Labute approximate surface area is 186 Å². The lowest BCUT2D eigenvalue weighted by Crippen LogP contribution is -2.58. The molecule has 4 bridgehead atoms. The van der Waals surface area contributed by atoms with E-state index in [2.05, 4.69) is 21.4 Å². The van der Waals surface area contributed by atoms with Crippen LogP contribution in [0.5, 0.6) is 0 Å². The summed E-state index contributed by atoms with van der Waals surface area (Å²) in [6, 6.07) is 7.46. The maximum atomic E-state index is 12.9. The van der Waals surface area contributed by atoms with Gasteiger partial charge in [-0.05, 0) is 74.5 Å². The number of benzene rings is 1. The molecule has 2 N–H and O–H groups in total. The van der Waals surface area contributed by atoms with Gasteiger partial charge in [0.2, 0.25) is 0 Å². The van der Waals surface area contributed by atoms with Crippen LogP contribution in [0.4, 0.5) is 10.6 Å². The Bertz CT molecular complexity index is 1100. The molecule has 2 aromatic rings. The van der Waals surface area contributed by atoms with Crippen LogP contribution >= 0.6 is 0 Å². The molecule has 32 heavy (non-hydrogen) atoms. The van der Waals surface area contributed by atoms with Crippen molar-refractivity contribution in [3.8, 4) is 6.07 Å². The summed E-state index contributed by atoms with van der Waals surface area (Å²) in [6.07, 6.45) is 6.86. The van der Waals surface area contributed by atoms with Crippen molar-refractivity contribution in [2.45, 2.75) is 56.3 Å². The minimum Gasteiger partial charge on any atom is -0.446 e. The number of nitriles is 1. The van der Waals surface area contributed by atoms with Crippen LogP contribution < -0.4 is 5.32 Å². The Morgan fingerprint density at radius 2 is 2.06 bits per heavy atom. The maximum absolute atomic E-state index is 12.9. The van der Waals surface area contributed by atoms with Gasteiger partial charge >= 0.3 is 6.09 Å². The first-order valence-corrected chi connectivity index (χ1v) is 11.6. The number of carbonyl (C=O) groups excluding carboxylic acids is 1. The van der Waals surface area contributed by atoms with Gasteiger partial charge in [-0.25, -0.2) is 9.78 Å². The molecule has 1 aromatic heterocycles. The van der Waals surface area contributed by atoms with Crippen LogP contribution in [-0.2, 0) is 4.74 Å². The monoisotopic (exact) mass is 433 g/mol. The molecule has 0 radical (unpaired) electrons. The zero-order chi connectivity index (χ0) is 21.9. The van der Waals surface area contributed by atoms with E-state index in [4.69, 9.17) is 10.00 Å². The zero-order valence-corrected chi connectivity index (χ0v) is 17.9. The van der Waals surface area contributed by atoms with Gasteiger partial charge in [0.1, 0.15) is 11.9 Å². The lowest BCUT2D eigenvalue weighted by atomic mass is 9.53. The number of nitrogens with one attached hydrogen (secondary N) is 1. The van der Waals surface area contributed by atoms with E-state index < -0.39 is 5.60 Å². The summed E-state index contributed by atoms with van der Waals surface area (Å²) in [5, 5.41) is 23.2. The van der Waals surface area contributed by atoms with E-state index in [0.717, 1.165) is 44.0 Å². The van der Waals surface area contributed by atoms with Crippen LogP contribution in [0.3, 0.4) is 0 Å². The van der Waals surface area contributed by atoms with E-state index in [1.54, 1.807) is 29.3 Å². The van der Waals surface area contributed by atoms with Crippen LogP contribution in [-0.4, -0.2) is 56.9 Å². The van der Waals surface area contributed by atoms with E-state index >= 15 is 0 Å². The topological polar surface area (TPSA) is 111 Å². The van der Waals surface area contributed by atoms with E-state index in [9.17, 15) is 9.90 Å². The molecule has 3 atom stereocenters.